The summed E-state index contributed by atoms with van der Waals surface area (Å²) in [4.78, 5) is 1.26. The van der Waals surface area contributed by atoms with Gasteiger partial charge in [0.25, 0.3) is 0 Å². The Balaban J connectivity index is 1.80. The van der Waals surface area contributed by atoms with Crippen molar-refractivity contribution in [3.05, 3.63) is 69.6 Å². The number of nitrogens with zero attached hydrogens (tertiary/aromatic N) is 2. The van der Waals surface area contributed by atoms with Crippen molar-refractivity contribution in [2.24, 2.45) is 0 Å². The molecular weight excluding hydrogens is 302 g/mol. The summed E-state index contributed by atoms with van der Waals surface area (Å²) in [5.41, 5.74) is 2.10. The Hall–Kier alpha value is -1.62. The molecule has 1 atom stereocenters. The van der Waals surface area contributed by atoms with Crippen LogP contribution in [0.5, 0.6) is 0 Å². The van der Waals surface area contributed by atoms with E-state index in [1.165, 1.54) is 4.88 Å². The van der Waals surface area contributed by atoms with Crippen molar-refractivity contribution in [1.82, 2.24) is 15.1 Å². The minimum absolute atomic E-state index is 0.185. The zero-order valence-corrected chi connectivity index (χ0v) is 13.2. The predicted molar refractivity (Wildman–Crippen MR) is 88.4 cm³/mol. The second-order valence-corrected chi connectivity index (χ2v) is 6.57. The van der Waals surface area contributed by atoms with Gasteiger partial charge in [-0.3, -0.25) is 0 Å². The highest BCUT2D eigenvalue weighted by Gasteiger charge is 2.14. The molecule has 0 aliphatic rings. The average Bonchev–Trinajstić information content (AvgIpc) is 3.15. The average molecular weight is 318 g/mol. The van der Waals surface area contributed by atoms with E-state index in [0.29, 0.717) is 0 Å². The third kappa shape index (κ3) is 3.35. The number of para-hydroxylation sites is 1. The maximum absolute atomic E-state index is 6.00. The van der Waals surface area contributed by atoms with Crippen molar-refractivity contribution in [3.8, 4) is 5.69 Å². The molecule has 0 aliphatic heterocycles. The van der Waals surface area contributed by atoms with E-state index < -0.39 is 0 Å². The summed E-state index contributed by atoms with van der Waals surface area (Å²) in [5.74, 6) is 0. The fourth-order valence-corrected chi connectivity index (χ4v) is 3.40. The Morgan fingerprint density at radius 1 is 1.19 bits per heavy atom. The molecule has 3 nitrogen and oxygen atoms in total. The highest BCUT2D eigenvalue weighted by molar-refractivity contribution is 7.16. The van der Waals surface area contributed by atoms with E-state index in [-0.39, 0.29) is 6.04 Å². The van der Waals surface area contributed by atoms with Gasteiger partial charge >= 0.3 is 0 Å². The minimum atomic E-state index is 0.185. The van der Waals surface area contributed by atoms with Crippen LogP contribution in [-0.2, 0) is 6.42 Å². The smallest absolute Gasteiger partial charge is 0.0931 e. The summed E-state index contributed by atoms with van der Waals surface area (Å²) in [5, 5.41) is 8.01. The molecule has 108 valence electrons. The first-order valence-electron chi connectivity index (χ1n) is 6.79. The summed E-state index contributed by atoms with van der Waals surface area (Å²) >= 11 is 7.62. The number of hydrogen-bond donors (Lipinski definition) is 1. The first-order chi connectivity index (χ1) is 10.3. The molecule has 2 heterocycles. The topological polar surface area (TPSA) is 29.9 Å². The van der Waals surface area contributed by atoms with Crippen LogP contribution < -0.4 is 5.32 Å². The summed E-state index contributed by atoms with van der Waals surface area (Å²) in [6, 6.07) is 16.4. The van der Waals surface area contributed by atoms with Gasteiger partial charge in [0, 0.05) is 17.5 Å². The number of aromatic nitrogens is 2. The van der Waals surface area contributed by atoms with Gasteiger partial charge in [-0.05, 0) is 37.4 Å². The Labute approximate surface area is 133 Å². The summed E-state index contributed by atoms with van der Waals surface area (Å²) in [6.45, 7) is 0. The van der Waals surface area contributed by atoms with Crippen LogP contribution in [0.3, 0.4) is 0 Å². The summed E-state index contributed by atoms with van der Waals surface area (Å²) in [7, 11) is 1.96. The standard InChI is InChI=1S/C16H16ClN3S/c1-18-15(11-13-7-8-16(17)21-13)14-9-10-20(19-14)12-5-3-2-4-6-12/h2-10,15,18H,11H2,1H3. The van der Waals surface area contributed by atoms with Gasteiger partial charge in [-0.15, -0.1) is 11.3 Å². The van der Waals surface area contributed by atoms with E-state index in [2.05, 4.69) is 22.5 Å². The lowest BCUT2D eigenvalue weighted by atomic mass is 10.1. The third-order valence-electron chi connectivity index (χ3n) is 3.37. The molecule has 1 unspecified atom stereocenters. The van der Waals surface area contributed by atoms with Crippen LogP contribution in [0, 0.1) is 0 Å². The van der Waals surface area contributed by atoms with Crippen LogP contribution in [0.2, 0.25) is 4.34 Å². The van der Waals surface area contributed by atoms with Gasteiger partial charge in [0.2, 0.25) is 0 Å². The van der Waals surface area contributed by atoms with Crippen molar-refractivity contribution >= 4 is 22.9 Å². The summed E-state index contributed by atoms with van der Waals surface area (Å²) in [6.07, 6.45) is 2.89. The maximum Gasteiger partial charge on any atom is 0.0931 e. The fraction of sp³-hybridized carbons (Fsp3) is 0.188. The molecule has 0 radical (unpaired) electrons. The number of thiophene rings is 1. The molecule has 5 heteroatoms. The molecule has 0 fully saturated rings. The van der Waals surface area contributed by atoms with Crippen molar-refractivity contribution in [2.45, 2.75) is 12.5 Å². The van der Waals surface area contributed by atoms with Gasteiger partial charge in [-0.25, -0.2) is 4.68 Å². The highest BCUT2D eigenvalue weighted by atomic mass is 35.5. The lowest BCUT2D eigenvalue weighted by Crippen LogP contribution is -2.19. The molecule has 0 bridgehead atoms. The van der Waals surface area contributed by atoms with Crippen LogP contribution in [0.4, 0.5) is 0 Å². The second kappa shape index (κ2) is 6.43. The third-order valence-corrected chi connectivity index (χ3v) is 4.62. The SMILES string of the molecule is CNC(Cc1ccc(Cl)s1)c1ccn(-c2ccccc2)n1. The number of likely N-dealkylation sites (N-methyl/N-ethyl adjacent to an activating group) is 1. The Morgan fingerprint density at radius 3 is 2.67 bits per heavy atom. The molecule has 0 spiro atoms. The van der Waals surface area contributed by atoms with Gasteiger partial charge in [-0.1, -0.05) is 29.8 Å². The van der Waals surface area contributed by atoms with Crippen LogP contribution in [0.15, 0.2) is 54.7 Å². The molecule has 1 aromatic carbocycles. The molecule has 21 heavy (non-hydrogen) atoms. The molecule has 0 saturated heterocycles. The minimum Gasteiger partial charge on any atom is -0.311 e. The molecule has 1 N–H and O–H groups in total. The molecule has 2 aromatic heterocycles. The Kier molecular flexibility index (Phi) is 4.39. The van der Waals surface area contributed by atoms with Gasteiger partial charge in [0.15, 0.2) is 0 Å². The van der Waals surface area contributed by atoms with Gasteiger partial charge < -0.3 is 5.32 Å². The van der Waals surface area contributed by atoms with Gasteiger partial charge in [0.1, 0.15) is 0 Å². The molecule has 0 aliphatic carbocycles. The maximum atomic E-state index is 6.00. The fourth-order valence-electron chi connectivity index (χ4n) is 2.27. The normalized spacial score (nSPS) is 12.5. The number of hydrogen-bond acceptors (Lipinski definition) is 3. The number of rotatable bonds is 5. The number of nitrogens with one attached hydrogen (secondary N) is 1. The van der Waals surface area contributed by atoms with Crippen LogP contribution in [-0.4, -0.2) is 16.8 Å². The van der Waals surface area contributed by atoms with Crippen LogP contribution in [0.25, 0.3) is 5.69 Å². The van der Waals surface area contributed by atoms with E-state index >= 15 is 0 Å². The zero-order chi connectivity index (χ0) is 14.7. The second-order valence-electron chi connectivity index (χ2n) is 4.77. The first-order valence-corrected chi connectivity index (χ1v) is 7.98. The Morgan fingerprint density at radius 2 is 2.00 bits per heavy atom. The van der Waals surface area contributed by atoms with Gasteiger partial charge in [0.05, 0.1) is 21.8 Å². The monoisotopic (exact) mass is 317 g/mol. The van der Waals surface area contributed by atoms with Crippen molar-refractivity contribution < 1.29 is 0 Å². The van der Waals surface area contributed by atoms with Crippen LogP contribution >= 0.6 is 22.9 Å². The quantitative estimate of drug-likeness (QED) is 0.768. The van der Waals surface area contributed by atoms with Crippen molar-refractivity contribution in [3.63, 3.8) is 0 Å². The van der Waals surface area contributed by atoms with Crippen molar-refractivity contribution in [2.75, 3.05) is 7.05 Å². The predicted octanol–water partition coefficient (Wildman–Crippen LogP) is 4.09. The lowest BCUT2D eigenvalue weighted by Gasteiger charge is -2.12. The van der Waals surface area contributed by atoms with E-state index in [0.717, 1.165) is 22.1 Å². The number of halogens is 1. The van der Waals surface area contributed by atoms with Gasteiger partial charge in [-0.2, -0.15) is 5.10 Å². The van der Waals surface area contributed by atoms with Crippen molar-refractivity contribution in [1.29, 1.82) is 0 Å². The lowest BCUT2D eigenvalue weighted by molar-refractivity contribution is 0.573. The van der Waals surface area contributed by atoms with E-state index in [1.807, 2.05) is 54.3 Å². The van der Waals surface area contributed by atoms with E-state index in [1.54, 1.807) is 11.3 Å². The highest BCUT2D eigenvalue weighted by Crippen LogP contribution is 2.26. The largest absolute Gasteiger partial charge is 0.311 e. The molecule has 0 saturated carbocycles. The van der Waals surface area contributed by atoms with E-state index in [9.17, 15) is 0 Å². The first kappa shape index (κ1) is 14.3. The zero-order valence-electron chi connectivity index (χ0n) is 11.7. The van der Waals surface area contributed by atoms with Crippen LogP contribution in [0.1, 0.15) is 16.6 Å². The number of benzene rings is 1. The molecule has 3 aromatic rings. The Bertz CT molecular complexity index is 705. The summed E-state index contributed by atoms with van der Waals surface area (Å²) < 4.78 is 2.73. The molecular formula is C16H16ClN3S. The van der Waals surface area contributed by atoms with E-state index in [4.69, 9.17) is 11.6 Å². The molecule has 3 rings (SSSR count). The molecule has 0 amide bonds.